The zero-order valence-electron chi connectivity index (χ0n) is 11.6. The zero-order chi connectivity index (χ0) is 14.5. The summed E-state index contributed by atoms with van der Waals surface area (Å²) >= 11 is 6.01. The van der Waals surface area contributed by atoms with E-state index < -0.39 is 10.8 Å². The Bertz CT molecular complexity index is 510. The SMILES string of the molecule is COc1ccc(C(=O)CS(=O)C2CCCCC2)cc1Cl. The number of Topliss-reactive ketones (excluding diaryl/α,β-unsaturated/α-hetero) is 1. The van der Waals surface area contributed by atoms with Gasteiger partial charge in [0.15, 0.2) is 5.78 Å². The molecule has 1 unspecified atom stereocenters. The van der Waals surface area contributed by atoms with Gasteiger partial charge in [0.1, 0.15) is 5.75 Å². The summed E-state index contributed by atoms with van der Waals surface area (Å²) in [5, 5.41) is 0.586. The Morgan fingerprint density at radius 2 is 2.05 bits per heavy atom. The number of carbonyl (C=O) groups is 1. The van der Waals surface area contributed by atoms with Gasteiger partial charge in [-0.05, 0) is 31.0 Å². The minimum absolute atomic E-state index is 0.0906. The topological polar surface area (TPSA) is 43.4 Å². The molecule has 0 saturated heterocycles. The molecule has 0 bridgehead atoms. The third-order valence-electron chi connectivity index (χ3n) is 3.67. The standard InChI is InChI=1S/C15H19ClO3S/c1-19-15-8-7-11(9-13(15)16)14(17)10-20(18)12-5-3-2-4-6-12/h7-9,12H,2-6,10H2,1H3. The van der Waals surface area contributed by atoms with Crippen molar-refractivity contribution < 1.29 is 13.7 Å². The average Bonchev–Trinajstić information content (AvgIpc) is 2.48. The third kappa shape index (κ3) is 3.83. The number of methoxy groups -OCH3 is 1. The third-order valence-corrected chi connectivity index (χ3v) is 5.73. The first-order valence-corrected chi connectivity index (χ1v) is 8.61. The van der Waals surface area contributed by atoms with Crippen LogP contribution in [0.15, 0.2) is 18.2 Å². The van der Waals surface area contributed by atoms with Crippen LogP contribution in [0.4, 0.5) is 0 Å². The average molecular weight is 315 g/mol. The molecule has 3 nitrogen and oxygen atoms in total. The molecule has 1 atom stereocenters. The van der Waals surface area contributed by atoms with Gasteiger partial charge in [0.25, 0.3) is 0 Å². The van der Waals surface area contributed by atoms with Crippen LogP contribution in [0.25, 0.3) is 0 Å². The molecule has 0 N–H and O–H groups in total. The first-order valence-electron chi connectivity index (χ1n) is 6.85. The Kier molecular flexibility index (Phi) is 5.61. The molecule has 0 aliphatic heterocycles. The van der Waals surface area contributed by atoms with Gasteiger partial charge in [0.05, 0.1) is 17.9 Å². The number of benzene rings is 1. The Balaban J connectivity index is 2.00. The fourth-order valence-corrected chi connectivity index (χ4v) is 4.28. The minimum atomic E-state index is -1.07. The minimum Gasteiger partial charge on any atom is -0.495 e. The van der Waals surface area contributed by atoms with E-state index in [9.17, 15) is 9.00 Å². The van der Waals surface area contributed by atoms with Crippen LogP contribution in [0, 0.1) is 0 Å². The molecule has 1 aromatic rings. The Labute approximate surface area is 127 Å². The summed E-state index contributed by atoms with van der Waals surface area (Å²) in [4.78, 5) is 12.2. The monoisotopic (exact) mass is 314 g/mol. The van der Waals surface area contributed by atoms with E-state index in [4.69, 9.17) is 16.3 Å². The van der Waals surface area contributed by atoms with Gasteiger partial charge in [-0.15, -0.1) is 0 Å². The molecule has 0 radical (unpaired) electrons. The molecule has 5 heteroatoms. The van der Waals surface area contributed by atoms with Crippen molar-refractivity contribution in [2.45, 2.75) is 37.4 Å². The fraction of sp³-hybridized carbons (Fsp3) is 0.533. The van der Waals surface area contributed by atoms with Crippen LogP contribution >= 0.6 is 11.6 Å². The molecule has 1 fully saturated rings. The van der Waals surface area contributed by atoms with Gasteiger partial charge < -0.3 is 4.74 Å². The summed E-state index contributed by atoms with van der Waals surface area (Å²) < 4.78 is 17.3. The lowest BCUT2D eigenvalue weighted by Gasteiger charge is -2.20. The summed E-state index contributed by atoms with van der Waals surface area (Å²) in [6.07, 6.45) is 5.42. The molecule has 110 valence electrons. The lowest BCUT2D eigenvalue weighted by Crippen LogP contribution is -2.24. The maximum Gasteiger partial charge on any atom is 0.175 e. The van der Waals surface area contributed by atoms with Crippen molar-refractivity contribution in [1.29, 1.82) is 0 Å². The van der Waals surface area contributed by atoms with E-state index in [0.29, 0.717) is 16.3 Å². The number of halogens is 1. The number of ether oxygens (including phenoxy) is 1. The second-order valence-corrected chi connectivity index (χ2v) is 7.18. The van der Waals surface area contributed by atoms with Crippen molar-refractivity contribution in [2.24, 2.45) is 0 Å². The molecule has 0 amide bonds. The lowest BCUT2D eigenvalue weighted by molar-refractivity contribution is 0.102. The van der Waals surface area contributed by atoms with Crippen LogP contribution in [-0.2, 0) is 10.8 Å². The van der Waals surface area contributed by atoms with Gasteiger partial charge in [0, 0.05) is 21.6 Å². The Morgan fingerprint density at radius 1 is 1.35 bits per heavy atom. The van der Waals surface area contributed by atoms with Gasteiger partial charge >= 0.3 is 0 Å². The van der Waals surface area contributed by atoms with E-state index in [-0.39, 0.29) is 16.8 Å². The van der Waals surface area contributed by atoms with Crippen molar-refractivity contribution in [1.82, 2.24) is 0 Å². The van der Waals surface area contributed by atoms with Crippen molar-refractivity contribution in [2.75, 3.05) is 12.9 Å². The molecule has 0 spiro atoms. The molecule has 2 rings (SSSR count). The number of carbonyl (C=O) groups excluding carboxylic acids is 1. The Hall–Kier alpha value is -0.870. The van der Waals surface area contributed by atoms with Gasteiger partial charge in [-0.3, -0.25) is 9.00 Å². The highest BCUT2D eigenvalue weighted by Crippen LogP contribution is 2.26. The predicted molar refractivity (Wildman–Crippen MR) is 82.2 cm³/mol. The molecule has 1 saturated carbocycles. The van der Waals surface area contributed by atoms with Gasteiger partial charge in [-0.1, -0.05) is 30.9 Å². The van der Waals surface area contributed by atoms with E-state index in [0.717, 1.165) is 25.7 Å². The molecule has 0 heterocycles. The van der Waals surface area contributed by atoms with Crippen LogP contribution in [0.5, 0.6) is 5.75 Å². The largest absolute Gasteiger partial charge is 0.495 e. The summed E-state index contributed by atoms with van der Waals surface area (Å²) in [6, 6.07) is 4.92. The molecule has 20 heavy (non-hydrogen) atoms. The second kappa shape index (κ2) is 7.23. The number of rotatable bonds is 5. The van der Waals surface area contributed by atoms with Gasteiger partial charge in [-0.2, -0.15) is 0 Å². The van der Waals surface area contributed by atoms with Crippen LogP contribution in [0.2, 0.25) is 5.02 Å². The molecule has 1 aliphatic carbocycles. The summed E-state index contributed by atoms with van der Waals surface area (Å²) in [5.74, 6) is 0.517. The van der Waals surface area contributed by atoms with E-state index in [2.05, 4.69) is 0 Å². The van der Waals surface area contributed by atoms with E-state index in [1.54, 1.807) is 18.2 Å². The number of hydrogen-bond donors (Lipinski definition) is 0. The number of hydrogen-bond acceptors (Lipinski definition) is 3. The summed E-state index contributed by atoms with van der Waals surface area (Å²) in [5.41, 5.74) is 0.500. The highest BCUT2D eigenvalue weighted by atomic mass is 35.5. The summed E-state index contributed by atoms with van der Waals surface area (Å²) in [6.45, 7) is 0. The quantitative estimate of drug-likeness (QED) is 0.780. The van der Waals surface area contributed by atoms with Crippen molar-refractivity contribution in [3.8, 4) is 5.75 Å². The van der Waals surface area contributed by atoms with E-state index in [1.807, 2.05) is 0 Å². The first kappa shape index (κ1) is 15.5. The lowest BCUT2D eigenvalue weighted by atomic mass is 10.0. The number of ketones is 1. The molecule has 1 aliphatic rings. The van der Waals surface area contributed by atoms with Crippen LogP contribution in [0.3, 0.4) is 0 Å². The normalized spacial score (nSPS) is 17.7. The first-order chi connectivity index (χ1) is 9.61. The molecular formula is C15H19ClO3S. The predicted octanol–water partition coefficient (Wildman–Crippen LogP) is 3.61. The van der Waals surface area contributed by atoms with Crippen molar-refractivity contribution >= 4 is 28.2 Å². The van der Waals surface area contributed by atoms with Crippen LogP contribution in [-0.4, -0.2) is 28.1 Å². The van der Waals surface area contributed by atoms with E-state index in [1.165, 1.54) is 13.5 Å². The van der Waals surface area contributed by atoms with Crippen LogP contribution < -0.4 is 4.74 Å². The maximum absolute atomic E-state index is 12.2. The Morgan fingerprint density at radius 3 is 2.65 bits per heavy atom. The molecular weight excluding hydrogens is 296 g/mol. The van der Waals surface area contributed by atoms with Gasteiger partial charge in [-0.25, -0.2) is 0 Å². The second-order valence-electron chi connectivity index (χ2n) is 5.06. The molecule has 0 aromatic heterocycles. The fourth-order valence-electron chi connectivity index (χ4n) is 2.50. The van der Waals surface area contributed by atoms with Crippen molar-refractivity contribution in [3.05, 3.63) is 28.8 Å². The molecule has 1 aromatic carbocycles. The summed E-state index contributed by atoms with van der Waals surface area (Å²) in [7, 11) is 0.454. The smallest absolute Gasteiger partial charge is 0.175 e. The van der Waals surface area contributed by atoms with E-state index >= 15 is 0 Å². The highest BCUT2D eigenvalue weighted by Gasteiger charge is 2.22. The maximum atomic E-state index is 12.2. The van der Waals surface area contributed by atoms with Gasteiger partial charge in [0.2, 0.25) is 0 Å². The van der Waals surface area contributed by atoms with Crippen molar-refractivity contribution in [3.63, 3.8) is 0 Å². The zero-order valence-corrected chi connectivity index (χ0v) is 13.1. The van der Waals surface area contributed by atoms with Crippen LogP contribution in [0.1, 0.15) is 42.5 Å². The highest BCUT2D eigenvalue weighted by molar-refractivity contribution is 7.86.